The van der Waals surface area contributed by atoms with Crippen molar-refractivity contribution < 1.29 is 4.79 Å². The highest BCUT2D eigenvalue weighted by atomic mass is 16.1. The Kier molecular flexibility index (Phi) is 3.66. The van der Waals surface area contributed by atoms with Gasteiger partial charge in [0.2, 0.25) is 0 Å². The normalized spacial score (nSPS) is 22.8. The molecule has 1 aliphatic heterocycles. The van der Waals surface area contributed by atoms with Crippen molar-refractivity contribution in [3.63, 3.8) is 0 Å². The quantitative estimate of drug-likeness (QED) is 0.882. The van der Waals surface area contributed by atoms with E-state index in [0.717, 1.165) is 42.4 Å². The summed E-state index contributed by atoms with van der Waals surface area (Å²) < 4.78 is 0. The van der Waals surface area contributed by atoms with Crippen LogP contribution in [0, 0.1) is 6.92 Å². The first-order valence-corrected chi connectivity index (χ1v) is 7.50. The lowest BCUT2D eigenvalue weighted by Gasteiger charge is -2.16. The minimum absolute atomic E-state index is 0.0628. The summed E-state index contributed by atoms with van der Waals surface area (Å²) in [6, 6.07) is 6.98. The van der Waals surface area contributed by atoms with Crippen molar-refractivity contribution in [3.05, 3.63) is 29.3 Å². The van der Waals surface area contributed by atoms with Crippen LogP contribution in [0.1, 0.15) is 35.2 Å². The maximum absolute atomic E-state index is 12.4. The SMILES string of the molecule is CNc1ccc(C(=O)NC2CCN(C3CC3)C2)c(C)c1. The van der Waals surface area contributed by atoms with Crippen LogP contribution in [0.4, 0.5) is 5.69 Å². The lowest BCUT2D eigenvalue weighted by Crippen LogP contribution is -2.37. The molecule has 4 heteroatoms. The number of nitrogens with one attached hydrogen (secondary N) is 2. The van der Waals surface area contributed by atoms with Gasteiger partial charge in [-0.3, -0.25) is 9.69 Å². The molecule has 1 saturated heterocycles. The fraction of sp³-hybridized carbons (Fsp3) is 0.562. The van der Waals surface area contributed by atoms with Gasteiger partial charge in [0.1, 0.15) is 0 Å². The first-order valence-electron chi connectivity index (χ1n) is 7.50. The van der Waals surface area contributed by atoms with E-state index in [9.17, 15) is 4.79 Å². The second kappa shape index (κ2) is 5.44. The molecule has 20 heavy (non-hydrogen) atoms. The second-order valence-corrected chi connectivity index (χ2v) is 5.96. The van der Waals surface area contributed by atoms with E-state index in [4.69, 9.17) is 0 Å². The van der Waals surface area contributed by atoms with Gasteiger partial charge in [0.25, 0.3) is 5.91 Å². The molecule has 1 aliphatic carbocycles. The third-order valence-corrected chi connectivity index (χ3v) is 4.38. The predicted octanol–water partition coefficient (Wildman–Crippen LogP) is 2.00. The number of nitrogens with zero attached hydrogens (tertiary/aromatic N) is 1. The van der Waals surface area contributed by atoms with Crippen LogP contribution in [0.3, 0.4) is 0 Å². The molecule has 0 spiro atoms. The summed E-state index contributed by atoms with van der Waals surface area (Å²) in [5.41, 5.74) is 2.85. The number of aryl methyl sites for hydroxylation is 1. The molecule has 1 amide bonds. The molecule has 1 saturated carbocycles. The fourth-order valence-corrected chi connectivity index (χ4v) is 3.01. The Bertz CT molecular complexity index is 510. The van der Waals surface area contributed by atoms with Crippen LogP contribution < -0.4 is 10.6 Å². The number of hydrogen-bond acceptors (Lipinski definition) is 3. The minimum Gasteiger partial charge on any atom is -0.388 e. The smallest absolute Gasteiger partial charge is 0.251 e. The van der Waals surface area contributed by atoms with E-state index in [1.54, 1.807) is 0 Å². The lowest BCUT2D eigenvalue weighted by molar-refractivity contribution is 0.0937. The van der Waals surface area contributed by atoms with Crippen molar-refractivity contribution in [2.24, 2.45) is 0 Å². The maximum atomic E-state index is 12.4. The number of anilines is 1. The van der Waals surface area contributed by atoms with Gasteiger partial charge in [-0.15, -0.1) is 0 Å². The topological polar surface area (TPSA) is 44.4 Å². The zero-order chi connectivity index (χ0) is 14.1. The highest BCUT2D eigenvalue weighted by Crippen LogP contribution is 2.29. The summed E-state index contributed by atoms with van der Waals surface area (Å²) in [4.78, 5) is 14.9. The molecule has 3 rings (SSSR count). The zero-order valence-electron chi connectivity index (χ0n) is 12.3. The Balaban J connectivity index is 1.61. The average Bonchev–Trinajstić information content (AvgIpc) is 3.19. The molecule has 0 radical (unpaired) electrons. The number of benzene rings is 1. The molecule has 2 fully saturated rings. The van der Waals surface area contributed by atoms with Gasteiger partial charge < -0.3 is 10.6 Å². The van der Waals surface area contributed by atoms with Crippen molar-refractivity contribution >= 4 is 11.6 Å². The largest absolute Gasteiger partial charge is 0.388 e. The highest BCUT2D eigenvalue weighted by Gasteiger charge is 2.34. The molecule has 1 atom stereocenters. The summed E-state index contributed by atoms with van der Waals surface area (Å²) >= 11 is 0. The molecule has 1 heterocycles. The van der Waals surface area contributed by atoms with Crippen LogP contribution in [-0.2, 0) is 0 Å². The number of carbonyl (C=O) groups is 1. The molecule has 1 aromatic rings. The number of carbonyl (C=O) groups excluding carboxylic acids is 1. The van der Waals surface area contributed by atoms with Crippen molar-refractivity contribution in [2.75, 3.05) is 25.5 Å². The van der Waals surface area contributed by atoms with Crippen LogP contribution in [0.5, 0.6) is 0 Å². The average molecular weight is 273 g/mol. The van der Waals surface area contributed by atoms with Gasteiger partial charge in [0.15, 0.2) is 0 Å². The van der Waals surface area contributed by atoms with Crippen LogP contribution in [0.15, 0.2) is 18.2 Å². The van der Waals surface area contributed by atoms with E-state index >= 15 is 0 Å². The predicted molar refractivity (Wildman–Crippen MR) is 81.2 cm³/mol. The Morgan fingerprint density at radius 3 is 2.75 bits per heavy atom. The number of amides is 1. The van der Waals surface area contributed by atoms with Gasteiger partial charge in [0, 0.05) is 43.5 Å². The molecule has 0 bridgehead atoms. The Morgan fingerprint density at radius 2 is 2.10 bits per heavy atom. The van der Waals surface area contributed by atoms with Crippen LogP contribution in [0.2, 0.25) is 0 Å². The van der Waals surface area contributed by atoms with Gasteiger partial charge in [-0.25, -0.2) is 0 Å². The van der Waals surface area contributed by atoms with Gasteiger partial charge in [-0.05, 0) is 49.9 Å². The second-order valence-electron chi connectivity index (χ2n) is 5.96. The summed E-state index contributed by atoms with van der Waals surface area (Å²) in [6.07, 6.45) is 3.76. The molecule has 1 unspecified atom stereocenters. The summed E-state index contributed by atoms with van der Waals surface area (Å²) in [7, 11) is 1.89. The summed E-state index contributed by atoms with van der Waals surface area (Å²) in [5.74, 6) is 0.0628. The van der Waals surface area contributed by atoms with Crippen molar-refractivity contribution in [3.8, 4) is 0 Å². The highest BCUT2D eigenvalue weighted by molar-refractivity contribution is 5.96. The standard InChI is InChI=1S/C16H23N3O/c1-11-9-12(17-2)3-6-15(11)16(20)18-13-7-8-19(10-13)14-4-5-14/h3,6,9,13-14,17H,4-5,7-8,10H2,1-2H3,(H,18,20). The Hall–Kier alpha value is -1.55. The third-order valence-electron chi connectivity index (χ3n) is 4.38. The third kappa shape index (κ3) is 2.80. The Morgan fingerprint density at radius 1 is 1.30 bits per heavy atom. The molecule has 1 aromatic carbocycles. The van der Waals surface area contributed by atoms with E-state index in [1.807, 2.05) is 32.2 Å². The van der Waals surface area contributed by atoms with Gasteiger partial charge in [-0.2, -0.15) is 0 Å². The monoisotopic (exact) mass is 273 g/mol. The number of rotatable bonds is 4. The first kappa shape index (κ1) is 13.4. The summed E-state index contributed by atoms with van der Waals surface area (Å²) in [5, 5.41) is 6.28. The van der Waals surface area contributed by atoms with E-state index in [0.29, 0.717) is 6.04 Å². The molecular formula is C16H23N3O. The van der Waals surface area contributed by atoms with Crippen LogP contribution in [0.25, 0.3) is 0 Å². The van der Waals surface area contributed by atoms with E-state index in [2.05, 4.69) is 15.5 Å². The minimum atomic E-state index is 0.0628. The van der Waals surface area contributed by atoms with Gasteiger partial charge in [0.05, 0.1) is 0 Å². The molecule has 0 aromatic heterocycles. The number of hydrogen-bond donors (Lipinski definition) is 2. The van der Waals surface area contributed by atoms with Gasteiger partial charge >= 0.3 is 0 Å². The summed E-state index contributed by atoms with van der Waals surface area (Å²) in [6.45, 7) is 4.14. The van der Waals surface area contributed by atoms with Gasteiger partial charge in [-0.1, -0.05) is 0 Å². The number of likely N-dealkylation sites (tertiary alicyclic amines) is 1. The maximum Gasteiger partial charge on any atom is 0.251 e. The molecular weight excluding hydrogens is 250 g/mol. The molecule has 108 valence electrons. The fourth-order valence-electron chi connectivity index (χ4n) is 3.01. The van der Waals surface area contributed by atoms with E-state index in [-0.39, 0.29) is 5.91 Å². The van der Waals surface area contributed by atoms with Crippen molar-refractivity contribution in [1.82, 2.24) is 10.2 Å². The zero-order valence-corrected chi connectivity index (χ0v) is 12.3. The molecule has 2 N–H and O–H groups in total. The first-order chi connectivity index (χ1) is 9.67. The van der Waals surface area contributed by atoms with Crippen molar-refractivity contribution in [1.29, 1.82) is 0 Å². The van der Waals surface area contributed by atoms with Crippen LogP contribution >= 0.6 is 0 Å². The van der Waals surface area contributed by atoms with Crippen LogP contribution in [-0.4, -0.2) is 43.0 Å². The molecule has 2 aliphatic rings. The molecule has 4 nitrogen and oxygen atoms in total. The van der Waals surface area contributed by atoms with Crippen molar-refractivity contribution in [2.45, 2.75) is 38.3 Å². The van der Waals surface area contributed by atoms with E-state index < -0.39 is 0 Å². The lowest BCUT2D eigenvalue weighted by atomic mass is 10.1. The van der Waals surface area contributed by atoms with E-state index in [1.165, 1.54) is 12.8 Å². The Labute approximate surface area is 120 Å².